The van der Waals surface area contributed by atoms with Crippen LogP contribution in [0, 0.1) is 12.8 Å². The molecule has 0 unspecified atom stereocenters. The first kappa shape index (κ1) is 26.4. The van der Waals surface area contributed by atoms with Crippen LogP contribution in [0.2, 0.25) is 0 Å². The summed E-state index contributed by atoms with van der Waals surface area (Å²) in [5.74, 6) is -2.24. The van der Waals surface area contributed by atoms with Crippen LogP contribution in [0.3, 0.4) is 0 Å². The van der Waals surface area contributed by atoms with E-state index in [4.69, 9.17) is 9.90 Å². The van der Waals surface area contributed by atoms with Crippen LogP contribution >= 0.6 is 0 Å². The molecule has 0 spiro atoms. The molecule has 1 saturated heterocycles. The largest absolute Gasteiger partial charge is 0.490 e. The SMILES string of the molecule is Cc1ccc(C(=O)N(CCC(=O)N2CCNCC2)CC(C)C)cc1.O=C(O)C(F)(F)F. The number of amides is 2. The number of nitrogens with zero attached hydrogens (tertiary/aromatic N) is 2. The van der Waals surface area contributed by atoms with Crippen LogP contribution in [0.4, 0.5) is 13.2 Å². The maximum atomic E-state index is 12.8. The fraction of sp³-hybridized carbons (Fsp3) is 0.571. The van der Waals surface area contributed by atoms with Crippen LogP contribution in [-0.2, 0) is 9.59 Å². The molecular weight excluding hydrogens is 415 g/mol. The molecule has 1 aromatic carbocycles. The van der Waals surface area contributed by atoms with Gasteiger partial charge in [0.25, 0.3) is 5.91 Å². The van der Waals surface area contributed by atoms with Gasteiger partial charge in [-0.25, -0.2) is 4.79 Å². The number of rotatable bonds is 6. The Balaban J connectivity index is 0.000000592. The van der Waals surface area contributed by atoms with Crippen molar-refractivity contribution in [1.29, 1.82) is 0 Å². The van der Waals surface area contributed by atoms with Crippen molar-refractivity contribution in [2.45, 2.75) is 33.4 Å². The Bertz CT molecular complexity index is 730. The van der Waals surface area contributed by atoms with Gasteiger partial charge in [-0.05, 0) is 25.0 Å². The van der Waals surface area contributed by atoms with E-state index in [-0.39, 0.29) is 11.8 Å². The summed E-state index contributed by atoms with van der Waals surface area (Å²) in [4.78, 5) is 37.7. The Labute approximate surface area is 180 Å². The quantitative estimate of drug-likeness (QED) is 0.703. The molecule has 31 heavy (non-hydrogen) atoms. The van der Waals surface area contributed by atoms with Crippen LogP contribution in [-0.4, -0.2) is 78.1 Å². The Kier molecular flexibility index (Phi) is 10.5. The topological polar surface area (TPSA) is 90.0 Å². The monoisotopic (exact) mass is 445 g/mol. The zero-order valence-electron chi connectivity index (χ0n) is 18.0. The molecule has 1 aliphatic rings. The van der Waals surface area contributed by atoms with E-state index in [2.05, 4.69) is 19.2 Å². The fourth-order valence-electron chi connectivity index (χ4n) is 2.90. The van der Waals surface area contributed by atoms with Crippen LogP contribution in [0.1, 0.15) is 36.2 Å². The predicted octanol–water partition coefficient (Wildman–Crippen LogP) is 2.55. The molecule has 1 aliphatic heterocycles. The molecule has 1 heterocycles. The molecule has 174 valence electrons. The molecule has 0 atom stereocenters. The molecule has 2 rings (SSSR count). The maximum absolute atomic E-state index is 12.8. The average Bonchev–Trinajstić information content (AvgIpc) is 2.71. The van der Waals surface area contributed by atoms with Gasteiger partial charge < -0.3 is 20.2 Å². The molecule has 0 aromatic heterocycles. The number of carbonyl (C=O) groups is 3. The number of carboxylic acid groups (broad SMARTS) is 1. The number of aliphatic carboxylic acids is 1. The number of alkyl halides is 3. The number of hydrogen-bond acceptors (Lipinski definition) is 4. The van der Waals surface area contributed by atoms with Gasteiger partial charge in [0.15, 0.2) is 0 Å². The van der Waals surface area contributed by atoms with Crippen molar-refractivity contribution in [3.05, 3.63) is 35.4 Å². The van der Waals surface area contributed by atoms with Crippen LogP contribution < -0.4 is 5.32 Å². The van der Waals surface area contributed by atoms with Crippen molar-refractivity contribution in [3.63, 3.8) is 0 Å². The highest BCUT2D eigenvalue weighted by atomic mass is 19.4. The second-order valence-corrected chi connectivity index (χ2v) is 7.69. The molecule has 0 aliphatic carbocycles. The van der Waals surface area contributed by atoms with Crippen molar-refractivity contribution in [2.24, 2.45) is 5.92 Å². The highest BCUT2D eigenvalue weighted by Crippen LogP contribution is 2.13. The second kappa shape index (κ2) is 12.3. The molecule has 1 fully saturated rings. The highest BCUT2D eigenvalue weighted by molar-refractivity contribution is 5.94. The van der Waals surface area contributed by atoms with E-state index in [9.17, 15) is 22.8 Å². The van der Waals surface area contributed by atoms with Gasteiger partial charge in [-0.1, -0.05) is 31.5 Å². The number of benzene rings is 1. The Morgan fingerprint density at radius 1 is 1.13 bits per heavy atom. The number of nitrogens with one attached hydrogen (secondary N) is 1. The number of aryl methyl sites for hydroxylation is 1. The lowest BCUT2D eigenvalue weighted by atomic mass is 10.1. The lowest BCUT2D eigenvalue weighted by Crippen LogP contribution is -2.47. The van der Waals surface area contributed by atoms with E-state index in [1.54, 1.807) is 0 Å². The third-order valence-electron chi connectivity index (χ3n) is 4.48. The Morgan fingerprint density at radius 2 is 1.65 bits per heavy atom. The average molecular weight is 445 g/mol. The summed E-state index contributed by atoms with van der Waals surface area (Å²) in [5, 5.41) is 10.4. The van der Waals surface area contributed by atoms with E-state index in [1.165, 1.54) is 0 Å². The van der Waals surface area contributed by atoms with E-state index in [1.807, 2.05) is 41.0 Å². The highest BCUT2D eigenvalue weighted by Gasteiger charge is 2.38. The molecule has 1 aromatic rings. The van der Waals surface area contributed by atoms with Gasteiger partial charge in [0.05, 0.1) is 0 Å². The van der Waals surface area contributed by atoms with Crippen molar-refractivity contribution >= 4 is 17.8 Å². The first-order valence-electron chi connectivity index (χ1n) is 10.1. The molecule has 0 radical (unpaired) electrons. The summed E-state index contributed by atoms with van der Waals surface area (Å²) in [7, 11) is 0. The zero-order valence-corrected chi connectivity index (χ0v) is 18.0. The van der Waals surface area contributed by atoms with Crippen LogP contribution in [0.5, 0.6) is 0 Å². The first-order valence-corrected chi connectivity index (χ1v) is 10.1. The number of carbonyl (C=O) groups excluding carboxylic acids is 2. The van der Waals surface area contributed by atoms with Crippen molar-refractivity contribution in [1.82, 2.24) is 15.1 Å². The van der Waals surface area contributed by atoms with E-state index in [0.717, 1.165) is 31.7 Å². The van der Waals surface area contributed by atoms with Crippen molar-refractivity contribution < 1.29 is 32.7 Å². The number of piperazine rings is 1. The minimum absolute atomic E-state index is 0.0109. The van der Waals surface area contributed by atoms with Gasteiger partial charge in [-0.2, -0.15) is 13.2 Å². The van der Waals surface area contributed by atoms with E-state index < -0.39 is 12.1 Å². The summed E-state index contributed by atoms with van der Waals surface area (Å²) >= 11 is 0. The lowest BCUT2D eigenvalue weighted by molar-refractivity contribution is -0.192. The van der Waals surface area contributed by atoms with E-state index in [0.29, 0.717) is 31.0 Å². The van der Waals surface area contributed by atoms with Gasteiger partial charge in [0, 0.05) is 51.3 Å². The number of halogens is 3. The predicted molar refractivity (Wildman–Crippen MR) is 110 cm³/mol. The molecule has 2 N–H and O–H groups in total. The second-order valence-electron chi connectivity index (χ2n) is 7.69. The van der Waals surface area contributed by atoms with Crippen molar-refractivity contribution in [3.8, 4) is 0 Å². The van der Waals surface area contributed by atoms with Crippen LogP contribution in [0.15, 0.2) is 24.3 Å². The Morgan fingerprint density at radius 3 is 2.10 bits per heavy atom. The van der Waals surface area contributed by atoms with Gasteiger partial charge in [-0.15, -0.1) is 0 Å². The van der Waals surface area contributed by atoms with E-state index >= 15 is 0 Å². The van der Waals surface area contributed by atoms with Crippen LogP contribution in [0.25, 0.3) is 0 Å². The van der Waals surface area contributed by atoms with Gasteiger partial charge in [0.2, 0.25) is 5.91 Å². The standard InChI is InChI=1S/C19H29N3O2.C2HF3O2/c1-15(2)14-22(19(24)17-6-4-16(3)5-7-17)11-8-18(23)21-12-9-20-10-13-21;3-2(4,5)1(6)7/h4-7,15,20H,8-14H2,1-3H3;(H,6,7). The third kappa shape index (κ3) is 9.82. The zero-order chi connectivity index (χ0) is 23.6. The maximum Gasteiger partial charge on any atom is 0.490 e. The smallest absolute Gasteiger partial charge is 0.475 e. The Hall–Kier alpha value is -2.62. The third-order valence-corrected chi connectivity index (χ3v) is 4.48. The van der Waals surface area contributed by atoms with Crippen molar-refractivity contribution in [2.75, 3.05) is 39.3 Å². The van der Waals surface area contributed by atoms with Gasteiger partial charge in [0.1, 0.15) is 0 Å². The summed E-state index contributed by atoms with van der Waals surface area (Å²) in [6.07, 6.45) is -4.69. The summed E-state index contributed by atoms with van der Waals surface area (Å²) in [6, 6.07) is 7.63. The minimum Gasteiger partial charge on any atom is -0.475 e. The molecule has 10 heteroatoms. The fourth-order valence-corrected chi connectivity index (χ4v) is 2.90. The number of hydrogen-bond donors (Lipinski definition) is 2. The molecule has 7 nitrogen and oxygen atoms in total. The number of carboxylic acids is 1. The molecule has 0 bridgehead atoms. The summed E-state index contributed by atoms with van der Waals surface area (Å²) < 4.78 is 31.7. The first-order chi connectivity index (χ1) is 14.4. The molecule has 0 saturated carbocycles. The lowest BCUT2D eigenvalue weighted by Gasteiger charge is -2.29. The van der Waals surface area contributed by atoms with Gasteiger partial charge in [-0.3, -0.25) is 9.59 Å². The molecular formula is C21H30F3N3O4. The van der Waals surface area contributed by atoms with Gasteiger partial charge >= 0.3 is 12.1 Å². The molecule has 2 amide bonds. The summed E-state index contributed by atoms with van der Waals surface area (Å²) in [6.45, 7) is 10.6. The summed E-state index contributed by atoms with van der Waals surface area (Å²) in [5.41, 5.74) is 1.83. The minimum atomic E-state index is -5.08. The normalized spacial score (nSPS) is 14.0.